The lowest BCUT2D eigenvalue weighted by molar-refractivity contribution is -0.123. The molecule has 2 rings (SSSR count). The van der Waals surface area contributed by atoms with E-state index in [9.17, 15) is 9.59 Å². The number of benzene rings is 2. The molecule has 2 amide bonds. The van der Waals surface area contributed by atoms with Gasteiger partial charge < -0.3 is 9.47 Å². The van der Waals surface area contributed by atoms with E-state index in [-0.39, 0.29) is 11.7 Å². The summed E-state index contributed by atoms with van der Waals surface area (Å²) in [4.78, 5) is 24.5. The first-order valence-corrected chi connectivity index (χ1v) is 11.0. The predicted octanol–water partition coefficient (Wildman–Crippen LogP) is 4.02. The normalized spacial score (nSPS) is 10.1. The van der Waals surface area contributed by atoms with Gasteiger partial charge >= 0.3 is 0 Å². The average molecular weight is 559 g/mol. The molecule has 3 N–H and O–H groups in total. The Morgan fingerprint density at radius 2 is 1.67 bits per heavy atom. The molecule has 0 saturated heterocycles. The van der Waals surface area contributed by atoms with E-state index in [4.69, 9.17) is 21.7 Å². The lowest BCUT2D eigenvalue weighted by Gasteiger charge is -2.14. The number of hydrogen-bond acceptors (Lipinski definition) is 5. The van der Waals surface area contributed by atoms with Crippen LogP contribution >= 0.6 is 44.1 Å². The second-order valence-electron chi connectivity index (χ2n) is 6.14. The Kier molecular flexibility index (Phi) is 9.54. The number of hydrazine groups is 1. The quantitative estimate of drug-likeness (QED) is 0.351. The first kappa shape index (κ1) is 24.1. The number of aryl methyl sites for hydroxylation is 1. The van der Waals surface area contributed by atoms with Gasteiger partial charge in [-0.3, -0.25) is 25.8 Å². The summed E-state index contributed by atoms with van der Waals surface area (Å²) in [7, 11) is 0. The Hall–Kier alpha value is -2.17. The topological polar surface area (TPSA) is 88.7 Å². The van der Waals surface area contributed by atoms with Gasteiger partial charge in [-0.2, -0.15) is 0 Å². The van der Waals surface area contributed by atoms with Gasteiger partial charge in [0.15, 0.2) is 11.7 Å². The summed E-state index contributed by atoms with van der Waals surface area (Å²) in [6.07, 6.45) is 0.810. The van der Waals surface area contributed by atoms with E-state index < -0.39 is 11.8 Å². The molecule has 0 fully saturated rings. The molecule has 7 nitrogen and oxygen atoms in total. The zero-order valence-electron chi connectivity index (χ0n) is 16.4. The molecule has 10 heteroatoms. The Labute approximate surface area is 197 Å². The van der Waals surface area contributed by atoms with Crippen molar-refractivity contribution in [1.29, 1.82) is 0 Å². The number of rotatable bonds is 7. The minimum absolute atomic E-state index is 0.0606. The molecule has 0 heterocycles. The van der Waals surface area contributed by atoms with Crippen molar-refractivity contribution in [3.05, 3.63) is 56.5 Å². The van der Waals surface area contributed by atoms with Crippen LogP contribution in [0.2, 0.25) is 0 Å². The highest BCUT2D eigenvalue weighted by molar-refractivity contribution is 9.10. The maximum atomic E-state index is 12.5. The molecule has 0 saturated carbocycles. The highest BCUT2D eigenvalue weighted by Crippen LogP contribution is 2.24. The van der Waals surface area contributed by atoms with Crippen LogP contribution in [0.4, 0.5) is 0 Å². The van der Waals surface area contributed by atoms with Gasteiger partial charge in [-0.15, -0.1) is 0 Å². The summed E-state index contributed by atoms with van der Waals surface area (Å²) < 4.78 is 12.7. The van der Waals surface area contributed by atoms with Crippen LogP contribution in [-0.4, -0.2) is 30.1 Å². The number of carbonyl (C=O) groups is 2. The molecule has 30 heavy (non-hydrogen) atoms. The van der Waals surface area contributed by atoms with Crippen molar-refractivity contribution in [2.75, 3.05) is 13.2 Å². The highest BCUT2D eigenvalue weighted by atomic mass is 79.9. The van der Waals surface area contributed by atoms with Crippen LogP contribution in [0.3, 0.4) is 0 Å². The Balaban J connectivity index is 1.84. The smallest absolute Gasteiger partial charge is 0.276 e. The van der Waals surface area contributed by atoms with Crippen molar-refractivity contribution in [3.63, 3.8) is 0 Å². The molecular formula is C20H21Br2N3O4S. The van der Waals surface area contributed by atoms with Crippen molar-refractivity contribution in [2.24, 2.45) is 0 Å². The second-order valence-corrected chi connectivity index (χ2v) is 8.38. The molecule has 2 aromatic rings. The maximum absolute atomic E-state index is 12.5. The van der Waals surface area contributed by atoms with Crippen molar-refractivity contribution in [3.8, 4) is 11.5 Å². The molecule has 0 radical (unpaired) electrons. The van der Waals surface area contributed by atoms with Crippen LogP contribution < -0.4 is 25.6 Å². The standard InChI is InChI=1S/C20H21Br2N3O4S/c1-3-8-28-17-7-5-14(22)10-15(17)19(27)23-20(30)25-24-18(26)11-29-16-6-4-13(21)9-12(16)2/h4-7,9-10H,3,8,11H2,1-2H3,(H,24,26)(H2,23,25,27,30). The number of carbonyl (C=O) groups excluding carboxylic acids is 2. The molecule has 2 aromatic carbocycles. The van der Waals surface area contributed by atoms with E-state index in [0.717, 1.165) is 20.9 Å². The third-order valence-electron chi connectivity index (χ3n) is 3.69. The minimum Gasteiger partial charge on any atom is -0.493 e. The fourth-order valence-electron chi connectivity index (χ4n) is 2.30. The average Bonchev–Trinajstić information content (AvgIpc) is 2.70. The third kappa shape index (κ3) is 7.58. The number of halogens is 2. The fraction of sp³-hybridized carbons (Fsp3) is 0.250. The van der Waals surface area contributed by atoms with Gasteiger partial charge in [0.05, 0.1) is 12.2 Å². The molecule has 0 bridgehead atoms. The largest absolute Gasteiger partial charge is 0.493 e. The third-order valence-corrected chi connectivity index (χ3v) is 4.88. The van der Waals surface area contributed by atoms with Crippen molar-refractivity contribution >= 4 is 61.0 Å². The Morgan fingerprint density at radius 1 is 1.00 bits per heavy atom. The number of thiocarbonyl (C=S) groups is 1. The summed E-state index contributed by atoms with van der Waals surface area (Å²) in [5.74, 6) is 0.125. The fourth-order valence-corrected chi connectivity index (χ4v) is 3.28. The molecule has 0 aliphatic rings. The number of amides is 2. The van der Waals surface area contributed by atoms with E-state index in [1.807, 2.05) is 26.0 Å². The summed E-state index contributed by atoms with van der Waals surface area (Å²) in [6.45, 7) is 4.12. The Bertz CT molecular complexity index is 940. The van der Waals surface area contributed by atoms with E-state index in [0.29, 0.717) is 23.7 Å². The zero-order chi connectivity index (χ0) is 22.1. The van der Waals surface area contributed by atoms with Gasteiger partial charge in [-0.1, -0.05) is 38.8 Å². The first-order chi connectivity index (χ1) is 14.3. The second kappa shape index (κ2) is 11.9. The van der Waals surface area contributed by atoms with Gasteiger partial charge in [-0.25, -0.2) is 0 Å². The maximum Gasteiger partial charge on any atom is 0.276 e. The van der Waals surface area contributed by atoms with Crippen molar-refractivity contribution in [2.45, 2.75) is 20.3 Å². The SMILES string of the molecule is CCCOc1ccc(Br)cc1C(=O)NC(=S)NNC(=O)COc1ccc(Br)cc1C. The van der Waals surface area contributed by atoms with E-state index in [1.54, 1.807) is 24.3 Å². The first-order valence-electron chi connectivity index (χ1n) is 9.01. The molecule has 0 unspecified atom stereocenters. The highest BCUT2D eigenvalue weighted by Gasteiger charge is 2.15. The summed E-state index contributed by atoms with van der Waals surface area (Å²) in [5, 5.41) is 2.44. The summed E-state index contributed by atoms with van der Waals surface area (Å²) in [6, 6.07) is 10.6. The molecule has 0 atom stereocenters. The number of ether oxygens (including phenoxy) is 2. The van der Waals surface area contributed by atoms with E-state index in [1.165, 1.54) is 0 Å². The lowest BCUT2D eigenvalue weighted by atomic mass is 10.2. The van der Waals surface area contributed by atoms with Crippen LogP contribution in [0, 0.1) is 6.92 Å². The predicted molar refractivity (Wildman–Crippen MR) is 126 cm³/mol. The number of nitrogens with one attached hydrogen (secondary N) is 3. The van der Waals surface area contributed by atoms with Crippen LogP contribution in [0.5, 0.6) is 11.5 Å². The minimum atomic E-state index is -0.462. The molecular weight excluding hydrogens is 538 g/mol. The summed E-state index contributed by atoms with van der Waals surface area (Å²) in [5.41, 5.74) is 6.07. The summed E-state index contributed by atoms with van der Waals surface area (Å²) >= 11 is 11.8. The van der Waals surface area contributed by atoms with Crippen LogP contribution in [0.1, 0.15) is 29.3 Å². The van der Waals surface area contributed by atoms with E-state index >= 15 is 0 Å². The van der Waals surface area contributed by atoms with Gasteiger partial charge in [0, 0.05) is 8.95 Å². The molecule has 160 valence electrons. The van der Waals surface area contributed by atoms with Gasteiger partial charge in [0.25, 0.3) is 11.8 Å². The van der Waals surface area contributed by atoms with Crippen molar-refractivity contribution in [1.82, 2.24) is 16.2 Å². The van der Waals surface area contributed by atoms with Gasteiger partial charge in [-0.05, 0) is 67.5 Å². The van der Waals surface area contributed by atoms with E-state index in [2.05, 4.69) is 48.0 Å². The molecule has 0 aliphatic heterocycles. The number of hydrogen-bond donors (Lipinski definition) is 3. The van der Waals surface area contributed by atoms with Gasteiger partial charge in [0.2, 0.25) is 0 Å². The lowest BCUT2D eigenvalue weighted by Crippen LogP contribution is -2.49. The monoisotopic (exact) mass is 557 g/mol. The molecule has 0 aromatic heterocycles. The zero-order valence-corrected chi connectivity index (χ0v) is 20.4. The molecule has 0 aliphatic carbocycles. The van der Waals surface area contributed by atoms with Crippen LogP contribution in [-0.2, 0) is 4.79 Å². The van der Waals surface area contributed by atoms with Crippen LogP contribution in [0.25, 0.3) is 0 Å². The van der Waals surface area contributed by atoms with Crippen molar-refractivity contribution < 1.29 is 19.1 Å². The van der Waals surface area contributed by atoms with Crippen LogP contribution in [0.15, 0.2) is 45.3 Å². The molecule has 0 spiro atoms. The van der Waals surface area contributed by atoms with Gasteiger partial charge in [0.1, 0.15) is 11.5 Å². The Morgan fingerprint density at radius 3 is 2.33 bits per heavy atom.